The van der Waals surface area contributed by atoms with Crippen LogP contribution in [-0.2, 0) is 16.1 Å². The molecule has 0 aliphatic carbocycles. The molecule has 3 saturated heterocycles. The van der Waals surface area contributed by atoms with Gasteiger partial charge in [0.1, 0.15) is 18.4 Å². The zero-order valence-electron chi connectivity index (χ0n) is 34.6. The van der Waals surface area contributed by atoms with Crippen LogP contribution in [0, 0.1) is 5.92 Å². The average molecular weight is 810 g/mol. The van der Waals surface area contributed by atoms with Crippen molar-refractivity contribution in [1.29, 1.82) is 0 Å². The highest BCUT2D eigenvalue weighted by atomic mass is 16.5. The zero-order chi connectivity index (χ0) is 41.6. The molecule has 3 fully saturated rings. The van der Waals surface area contributed by atoms with Gasteiger partial charge in [-0.1, -0.05) is 73.7 Å². The molecule has 4 aliphatic rings. The standard InChI is InChI=1S/C48H56BN5O6/c1-2-42(35-6-4-3-5-7-35)46(36-8-12-39(13-9-36)49(58)59)37-10-15-41(16-11-37)60-31-30-51-23-20-34(21-24-51)22-25-52-26-28-53(29-27-52)40-14-17-43-38(32-40)33-54(48(43)57)44-18-19-45(55)50-47(44)56/h3-17,32,34,44,58-59H,2,18-31,33H2,1H3,(H,50,55,56)/b46-42+. The van der Waals surface area contributed by atoms with Crippen molar-refractivity contribution in [3.8, 4) is 5.75 Å². The van der Waals surface area contributed by atoms with Crippen LogP contribution in [-0.4, -0.2) is 115 Å². The van der Waals surface area contributed by atoms with Crippen LogP contribution in [0.15, 0.2) is 97.1 Å². The number of imide groups is 1. The van der Waals surface area contributed by atoms with Crippen LogP contribution in [0.2, 0.25) is 0 Å². The maximum atomic E-state index is 13.1. The lowest BCUT2D eigenvalue weighted by molar-refractivity contribution is -0.136. The Morgan fingerprint density at radius 2 is 1.45 bits per heavy atom. The van der Waals surface area contributed by atoms with Crippen molar-refractivity contribution in [2.24, 2.45) is 5.92 Å². The number of anilines is 1. The maximum Gasteiger partial charge on any atom is 0.488 e. The highest BCUT2D eigenvalue weighted by Crippen LogP contribution is 2.35. The third-order valence-corrected chi connectivity index (χ3v) is 12.9. The van der Waals surface area contributed by atoms with Crippen molar-refractivity contribution >= 4 is 47.1 Å². The van der Waals surface area contributed by atoms with Gasteiger partial charge in [-0.2, -0.15) is 0 Å². The van der Waals surface area contributed by atoms with Gasteiger partial charge in [0.05, 0.1) is 0 Å². The van der Waals surface area contributed by atoms with E-state index in [4.69, 9.17) is 4.74 Å². The molecule has 4 aromatic carbocycles. The summed E-state index contributed by atoms with van der Waals surface area (Å²) in [7, 11) is -1.50. The fraction of sp³-hybridized carbons (Fsp3) is 0.396. The van der Waals surface area contributed by atoms with E-state index in [1.54, 1.807) is 17.0 Å². The molecule has 4 aromatic rings. The second-order valence-electron chi connectivity index (χ2n) is 16.6. The molecule has 12 heteroatoms. The lowest BCUT2D eigenvalue weighted by Gasteiger charge is -2.37. The summed E-state index contributed by atoms with van der Waals surface area (Å²) in [5, 5.41) is 21.7. The molecule has 8 rings (SSSR count). The average Bonchev–Trinajstić information content (AvgIpc) is 3.60. The normalized spacial score (nSPS) is 19.6. The number of piperidine rings is 2. The van der Waals surface area contributed by atoms with E-state index in [1.165, 1.54) is 30.4 Å². The number of nitrogens with zero attached hydrogens (tertiary/aromatic N) is 4. The molecule has 1 atom stereocenters. The van der Waals surface area contributed by atoms with Gasteiger partial charge in [-0.15, -0.1) is 0 Å². The summed E-state index contributed by atoms with van der Waals surface area (Å²) in [5.41, 5.74) is 8.83. The van der Waals surface area contributed by atoms with E-state index in [1.807, 2.05) is 30.3 Å². The topological polar surface area (TPSA) is 126 Å². The number of hydrogen-bond acceptors (Lipinski definition) is 9. The second kappa shape index (κ2) is 19.0. The first kappa shape index (κ1) is 41.5. The van der Waals surface area contributed by atoms with Crippen LogP contribution in [0.5, 0.6) is 5.75 Å². The molecule has 4 heterocycles. The number of benzene rings is 4. The molecular formula is C48H56BN5O6. The molecule has 3 N–H and O–H groups in total. The monoisotopic (exact) mass is 809 g/mol. The lowest BCUT2D eigenvalue weighted by atomic mass is 9.79. The second-order valence-corrected chi connectivity index (χ2v) is 16.6. The van der Waals surface area contributed by atoms with Gasteiger partial charge in [-0.25, -0.2) is 0 Å². The van der Waals surface area contributed by atoms with E-state index in [0.717, 1.165) is 98.4 Å². The molecule has 4 aliphatic heterocycles. The Labute approximate surface area is 353 Å². The van der Waals surface area contributed by atoms with E-state index in [2.05, 4.69) is 81.5 Å². The summed E-state index contributed by atoms with van der Waals surface area (Å²) in [6.45, 7) is 11.4. The van der Waals surface area contributed by atoms with Crippen molar-refractivity contribution in [3.63, 3.8) is 0 Å². The molecule has 0 radical (unpaired) electrons. The molecular weight excluding hydrogens is 753 g/mol. The summed E-state index contributed by atoms with van der Waals surface area (Å²) in [5.74, 6) is 0.821. The van der Waals surface area contributed by atoms with Crippen LogP contribution >= 0.6 is 0 Å². The van der Waals surface area contributed by atoms with Gasteiger partial charge in [-0.05, 0) is 127 Å². The summed E-state index contributed by atoms with van der Waals surface area (Å²) in [6.07, 6.45) is 5.13. The highest BCUT2D eigenvalue weighted by Gasteiger charge is 2.39. The lowest BCUT2D eigenvalue weighted by Crippen LogP contribution is -2.52. The van der Waals surface area contributed by atoms with Gasteiger partial charge >= 0.3 is 7.12 Å². The van der Waals surface area contributed by atoms with Crippen LogP contribution in [0.3, 0.4) is 0 Å². The Morgan fingerprint density at radius 1 is 0.767 bits per heavy atom. The van der Waals surface area contributed by atoms with E-state index >= 15 is 0 Å². The number of likely N-dealkylation sites (tertiary alicyclic amines) is 1. The van der Waals surface area contributed by atoms with Gasteiger partial charge in [0.2, 0.25) is 11.8 Å². The summed E-state index contributed by atoms with van der Waals surface area (Å²) in [6, 6.07) is 31.7. The Hall–Kier alpha value is -5.27. The Bertz CT molecular complexity index is 2160. The fourth-order valence-electron chi connectivity index (χ4n) is 9.36. The van der Waals surface area contributed by atoms with Crippen LogP contribution in [0.1, 0.15) is 78.1 Å². The van der Waals surface area contributed by atoms with Crippen LogP contribution < -0.4 is 20.4 Å². The predicted molar refractivity (Wildman–Crippen MR) is 236 cm³/mol. The Balaban J connectivity index is 0.766. The first-order chi connectivity index (χ1) is 29.2. The SMILES string of the molecule is CC/C(=C(\c1ccc(OCCN2CCC(CCN3CCN(c4ccc5c(c4)CN(C4CCC(=O)NC4=O)C5=O)CC3)CC2)cc1)c1ccc(B(O)O)cc1)c1ccccc1. The molecule has 3 amide bonds. The number of amides is 3. The van der Waals surface area contributed by atoms with Crippen molar-refractivity contribution in [2.45, 2.75) is 58.0 Å². The van der Waals surface area contributed by atoms with Crippen LogP contribution in [0.25, 0.3) is 11.1 Å². The molecule has 60 heavy (non-hydrogen) atoms. The minimum absolute atomic E-state index is 0.127. The minimum atomic E-state index is -1.50. The number of allylic oxidation sites excluding steroid dienone is 1. The largest absolute Gasteiger partial charge is 0.492 e. The molecule has 312 valence electrons. The molecule has 0 bridgehead atoms. The number of piperazine rings is 1. The van der Waals surface area contributed by atoms with E-state index < -0.39 is 13.2 Å². The highest BCUT2D eigenvalue weighted by molar-refractivity contribution is 6.58. The first-order valence-electron chi connectivity index (χ1n) is 21.7. The van der Waals surface area contributed by atoms with E-state index in [9.17, 15) is 24.4 Å². The van der Waals surface area contributed by atoms with Gasteiger partial charge in [0, 0.05) is 56.9 Å². The first-order valence-corrected chi connectivity index (χ1v) is 21.7. The number of ether oxygens (including phenoxy) is 1. The smallest absolute Gasteiger partial charge is 0.488 e. The predicted octanol–water partition coefficient (Wildman–Crippen LogP) is 4.80. The Kier molecular flexibility index (Phi) is 13.1. The third kappa shape index (κ3) is 9.52. The van der Waals surface area contributed by atoms with Crippen molar-refractivity contribution < 1.29 is 29.2 Å². The third-order valence-electron chi connectivity index (χ3n) is 12.9. The quantitative estimate of drug-likeness (QED) is 0.0937. The van der Waals surface area contributed by atoms with Gasteiger partial charge in [0.25, 0.3) is 5.91 Å². The van der Waals surface area contributed by atoms with Gasteiger partial charge in [0.15, 0.2) is 0 Å². The number of nitrogens with one attached hydrogen (secondary N) is 1. The number of fused-ring (bicyclic) bond motifs is 1. The number of rotatable bonds is 14. The van der Waals surface area contributed by atoms with Crippen LogP contribution in [0.4, 0.5) is 5.69 Å². The van der Waals surface area contributed by atoms with Crippen molar-refractivity contribution in [2.75, 3.05) is 63.9 Å². The summed E-state index contributed by atoms with van der Waals surface area (Å²) < 4.78 is 6.25. The van der Waals surface area contributed by atoms with E-state index in [-0.39, 0.29) is 24.1 Å². The molecule has 0 saturated carbocycles. The zero-order valence-corrected chi connectivity index (χ0v) is 34.6. The van der Waals surface area contributed by atoms with Crippen molar-refractivity contribution in [3.05, 3.63) is 125 Å². The van der Waals surface area contributed by atoms with E-state index in [0.29, 0.717) is 30.6 Å². The maximum absolute atomic E-state index is 13.1. The minimum Gasteiger partial charge on any atom is -0.492 e. The van der Waals surface area contributed by atoms with Gasteiger partial charge in [-0.3, -0.25) is 29.5 Å². The fourth-order valence-corrected chi connectivity index (χ4v) is 9.36. The molecule has 0 aromatic heterocycles. The van der Waals surface area contributed by atoms with Gasteiger partial charge < -0.3 is 24.6 Å². The number of carbonyl (C=O) groups is 3. The molecule has 1 unspecified atom stereocenters. The molecule has 11 nitrogen and oxygen atoms in total. The van der Waals surface area contributed by atoms with Crippen molar-refractivity contribution in [1.82, 2.24) is 20.0 Å². The molecule has 0 spiro atoms. The Morgan fingerprint density at radius 3 is 2.12 bits per heavy atom. The number of carbonyl (C=O) groups excluding carboxylic acids is 3. The summed E-state index contributed by atoms with van der Waals surface area (Å²) >= 11 is 0. The number of hydrogen-bond donors (Lipinski definition) is 3. The summed E-state index contributed by atoms with van der Waals surface area (Å²) in [4.78, 5) is 46.3.